The summed E-state index contributed by atoms with van der Waals surface area (Å²) >= 11 is 0. The van der Waals surface area contributed by atoms with Crippen molar-refractivity contribution < 1.29 is 27.5 Å². The zero-order valence-electron chi connectivity index (χ0n) is 20.2. The van der Waals surface area contributed by atoms with Gasteiger partial charge in [-0.15, -0.1) is 0 Å². The number of carbonyl (C=O) groups is 1. The van der Waals surface area contributed by atoms with Crippen LogP contribution in [-0.4, -0.2) is 25.8 Å². The SMILES string of the molecule is Cc1cccc2oc([C@H]3CC4C(CCc5[nH]cnc53)C4C(=O)c3oc(C(C)(C)O)nc3C(F)F)cc12. The number of hydrogen-bond donors (Lipinski definition) is 2. The number of nitrogens with zero attached hydrogens (tertiary/aromatic N) is 2. The zero-order valence-corrected chi connectivity index (χ0v) is 20.2. The van der Waals surface area contributed by atoms with Gasteiger partial charge in [0.15, 0.2) is 11.5 Å². The molecule has 0 bridgehead atoms. The number of aliphatic hydroxyl groups is 1. The summed E-state index contributed by atoms with van der Waals surface area (Å²) in [4.78, 5) is 25.1. The highest BCUT2D eigenvalue weighted by Gasteiger charge is 2.57. The van der Waals surface area contributed by atoms with Crippen LogP contribution in [0.25, 0.3) is 11.0 Å². The van der Waals surface area contributed by atoms with Crippen molar-refractivity contribution in [2.24, 2.45) is 17.8 Å². The fraction of sp³-hybridized carbons (Fsp3) is 0.444. The first-order chi connectivity index (χ1) is 17.1. The number of carbonyl (C=O) groups excluding carboxylic acids is 1. The van der Waals surface area contributed by atoms with E-state index in [4.69, 9.17) is 8.83 Å². The summed E-state index contributed by atoms with van der Waals surface area (Å²) in [6, 6.07) is 7.97. The third-order valence-corrected chi connectivity index (χ3v) is 7.70. The maximum absolute atomic E-state index is 13.7. The highest BCUT2D eigenvalue weighted by Crippen LogP contribution is 2.57. The second-order valence-electron chi connectivity index (χ2n) is 10.5. The van der Waals surface area contributed by atoms with E-state index >= 15 is 0 Å². The van der Waals surface area contributed by atoms with E-state index in [0.29, 0.717) is 12.8 Å². The number of halogens is 2. The minimum Gasteiger partial charge on any atom is -0.460 e. The number of aromatic nitrogens is 3. The van der Waals surface area contributed by atoms with Gasteiger partial charge in [0.05, 0.1) is 17.9 Å². The van der Waals surface area contributed by atoms with Crippen LogP contribution in [0.4, 0.5) is 8.78 Å². The molecule has 36 heavy (non-hydrogen) atoms. The second-order valence-corrected chi connectivity index (χ2v) is 10.5. The molecule has 0 amide bonds. The monoisotopic (exact) mass is 495 g/mol. The van der Waals surface area contributed by atoms with Crippen molar-refractivity contribution in [2.45, 2.75) is 58.0 Å². The summed E-state index contributed by atoms with van der Waals surface area (Å²) in [5.41, 5.74) is 1.54. The van der Waals surface area contributed by atoms with E-state index in [0.717, 1.165) is 40.1 Å². The van der Waals surface area contributed by atoms with Gasteiger partial charge in [-0.3, -0.25) is 4.79 Å². The molecule has 3 aromatic heterocycles. The minimum absolute atomic E-state index is 0.0251. The molecule has 0 spiro atoms. The number of rotatable bonds is 5. The number of oxazole rings is 1. The van der Waals surface area contributed by atoms with Gasteiger partial charge >= 0.3 is 0 Å². The van der Waals surface area contributed by atoms with Crippen molar-refractivity contribution in [3.8, 4) is 0 Å². The van der Waals surface area contributed by atoms with Gasteiger partial charge in [-0.2, -0.15) is 0 Å². The molecule has 4 atom stereocenters. The highest BCUT2D eigenvalue weighted by molar-refractivity contribution is 5.98. The van der Waals surface area contributed by atoms with E-state index in [-0.39, 0.29) is 23.6 Å². The maximum Gasteiger partial charge on any atom is 0.284 e. The van der Waals surface area contributed by atoms with Gasteiger partial charge in [0.25, 0.3) is 6.43 Å². The molecule has 3 unspecified atom stereocenters. The Labute approximate surface area is 205 Å². The summed E-state index contributed by atoms with van der Waals surface area (Å²) in [5.74, 6) is -1.03. The second kappa shape index (κ2) is 8.09. The van der Waals surface area contributed by atoms with E-state index in [1.165, 1.54) is 13.8 Å². The van der Waals surface area contributed by atoms with Gasteiger partial charge in [0, 0.05) is 17.0 Å². The third-order valence-electron chi connectivity index (χ3n) is 7.70. The van der Waals surface area contributed by atoms with E-state index in [9.17, 15) is 18.7 Å². The lowest BCUT2D eigenvalue weighted by molar-refractivity contribution is 0.0466. The van der Waals surface area contributed by atoms with Gasteiger partial charge in [0.1, 0.15) is 16.9 Å². The smallest absolute Gasteiger partial charge is 0.284 e. The summed E-state index contributed by atoms with van der Waals surface area (Å²) < 4.78 is 39.2. The quantitative estimate of drug-likeness (QED) is 0.338. The number of alkyl halides is 2. The van der Waals surface area contributed by atoms with Crippen molar-refractivity contribution in [2.75, 3.05) is 0 Å². The van der Waals surface area contributed by atoms with Gasteiger partial charge in [0.2, 0.25) is 11.7 Å². The molecular weight excluding hydrogens is 468 g/mol. The summed E-state index contributed by atoms with van der Waals surface area (Å²) in [7, 11) is 0. The standard InChI is InChI=1S/C27H27F2N3O4/c1-12-5-4-6-18-14(12)10-19(35-18)16-9-15-13(7-8-17-21(16)31-11-30-17)20(15)23(33)24-22(25(28)29)32-26(36-24)27(2,3)34/h4-6,10-11,13,15-16,20,25,34H,7-9H2,1-3H3,(H,30,31)/t13?,15?,16-,20?/m1/s1. The average molecular weight is 496 g/mol. The lowest BCUT2D eigenvalue weighted by atomic mass is 9.89. The van der Waals surface area contributed by atoms with Crippen molar-refractivity contribution in [3.05, 3.63) is 70.6 Å². The van der Waals surface area contributed by atoms with Crippen molar-refractivity contribution in [1.29, 1.82) is 0 Å². The molecule has 0 radical (unpaired) electrons. The number of aryl methyl sites for hydroxylation is 2. The van der Waals surface area contributed by atoms with Crippen LogP contribution in [0.15, 0.2) is 39.4 Å². The van der Waals surface area contributed by atoms with Crippen LogP contribution in [0.5, 0.6) is 0 Å². The zero-order chi connectivity index (χ0) is 25.4. The normalized spacial score (nSPS) is 23.9. The van der Waals surface area contributed by atoms with Gasteiger partial charge in [-0.1, -0.05) is 12.1 Å². The number of imidazole rings is 1. The van der Waals surface area contributed by atoms with E-state index in [2.05, 4.69) is 15.0 Å². The van der Waals surface area contributed by atoms with Crippen LogP contribution < -0.4 is 0 Å². The first kappa shape index (κ1) is 23.1. The first-order valence-electron chi connectivity index (χ1n) is 12.2. The van der Waals surface area contributed by atoms with Crippen LogP contribution >= 0.6 is 0 Å². The summed E-state index contributed by atoms with van der Waals surface area (Å²) in [6.07, 6.45) is 0.744. The average Bonchev–Trinajstić information content (AvgIpc) is 3.25. The van der Waals surface area contributed by atoms with Crippen LogP contribution in [0, 0.1) is 24.7 Å². The molecule has 9 heteroatoms. The molecule has 3 heterocycles. The lowest BCUT2D eigenvalue weighted by Gasteiger charge is -2.17. The number of furan rings is 1. The first-order valence-corrected chi connectivity index (χ1v) is 12.2. The fourth-order valence-electron chi connectivity index (χ4n) is 5.79. The van der Waals surface area contributed by atoms with Gasteiger partial charge < -0.3 is 18.9 Å². The van der Waals surface area contributed by atoms with E-state index in [1.807, 2.05) is 31.2 Å². The Kier molecular flexibility index (Phi) is 5.19. The predicted molar refractivity (Wildman–Crippen MR) is 126 cm³/mol. The van der Waals surface area contributed by atoms with Crippen molar-refractivity contribution >= 4 is 16.8 Å². The number of hydrogen-bond acceptors (Lipinski definition) is 6. The van der Waals surface area contributed by atoms with Crippen molar-refractivity contribution in [1.82, 2.24) is 15.0 Å². The molecule has 6 rings (SSSR count). The van der Waals surface area contributed by atoms with Crippen LogP contribution in [0.3, 0.4) is 0 Å². The molecule has 1 saturated carbocycles. The fourth-order valence-corrected chi connectivity index (χ4v) is 5.79. The van der Waals surface area contributed by atoms with Gasteiger partial charge in [-0.05, 0) is 69.6 Å². The maximum atomic E-state index is 13.7. The summed E-state index contributed by atoms with van der Waals surface area (Å²) in [5, 5.41) is 11.2. The summed E-state index contributed by atoms with van der Waals surface area (Å²) in [6.45, 7) is 4.80. The Balaban J connectivity index is 1.35. The predicted octanol–water partition coefficient (Wildman–Crippen LogP) is 5.83. The van der Waals surface area contributed by atoms with Gasteiger partial charge in [-0.25, -0.2) is 18.7 Å². The minimum atomic E-state index is -2.98. The molecule has 0 aliphatic heterocycles. The third kappa shape index (κ3) is 3.68. The number of benzene rings is 1. The molecule has 4 aromatic rings. The van der Waals surface area contributed by atoms with E-state index < -0.39 is 35.2 Å². The number of aromatic amines is 1. The van der Waals surface area contributed by atoms with E-state index in [1.54, 1.807) is 6.33 Å². The molecule has 2 aliphatic rings. The number of H-pyrrole nitrogens is 1. The Morgan fingerprint density at radius 2 is 2.06 bits per heavy atom. The number of fused-ring (bicyclic) bond motifs is 3. The Morgan fingerprint density at radius 1 is 1.25 bits per heavy atom. The Bertz CT molecular complexity index is 1460. The molecular formula is C27H27F2N3O4. The molecule has 1 aromatic carbocycles. The Morgan fingerprint density at radius 3 is 2.78 bits per heavy atom. The molecule has 0 saturated heterocycles. The number of ketones is 1. The highest BCUT2D eigenvalue weighted by atomic mass is 19.3. The van der Waals surface area contributed by atoms with Crippen LogP contribution in [-0.2, 0) is 12.0 Å². The molecule has 1 fully saturated rings. The molecule has 2 N–H and O–H groups in total. The molecule has 2 aliphatic carbocycles. The number of Topliss-reactive ketones (excluding diaryl/α,β-unsaturated/α-hetero) is 1. The lowest BCUT2D eigenvalue weighted by Crippen LogP contribution is -2.15. The topological polar surface area (TPSA) is 105 Å². The van der Waals surface area contributed by atoms with Crippen molar-refractivity contribution in [3.63, 3.8) is 0 Å². The largest absolute Gasteiger partial charge is 0.460 e. The Hall–Kier alpha value is -3.33. The number of nitrogens with one attached hydrogen (secondary N) is 1. The van der Waals surface area contributed by atoms with Crippen LogP contribution in [0.2, 0.25) is 0 Å². The van der Waals surface area contributed by atoms with Crippen LogP contribution in [0.1, 0.15) is 83.9 Å². The molecule has 188 valence electrons. The molecule has 7 nitrogen and oxygen atoms in total.